The third kappa shape index (κ3) is 6.33. The monoisotopic (exact) mass is 638 g/mol. The van der Waals surface area contributed by atoms with Crippen LogP contribution >= 0.6 is 57.6 Å². The van der Waals surface area contributed by atoms with Crippen LogP contribution in [0.5, 0.6) is 11.5 Å². The molecule has 0 atom stereocenters. The number of hydrogen-bond donors (Lipinski definition) is 0. The van der Waals surface area contributed by atoms with Crippen LogP contribution in [0.15, 0.2) is 70.6 Å². The summed E-state index contributed by atoms with van der Waals surface area (Å²) in [5, 5.41) is 1.37. The second kappa shape index (κ2) is 11.7. The predicted octanol–water partition coefficient (Wildman–Crippen LogP) is 7.81. The van der Waals surface area contributed by atoms with Gasteiger partial charge in [-0.05, 0) is 107 Å². The standard InChI is InChI=1S/C26H21Cl2IN2O3S/c1-3-31-25(32)23(35-26(31)30-19-8-10-20(33-2)11-9-19)14-17-12-21(27)24(22(28)13-17)34-15-16-4-6-18(29)7-5-16/h4-14H,3,15H2,1-2H3/b23-14+,30-26?. The number of aliphatic imine (C=N–C) groups is 1. The smallest absolute Gasteiger partial charge is 0.266 e. The number of benzene rings is 3. The number of carbonyl (C=O) groups excluding carboxylic acids is 1. The van der Waals surface area contributed by atoms with Crippen LogP contribution in [0.3, 0.4) is 0 Å². The fraction of sp³-hybridized carbons (Fsp3) is 0.154. The Labute approximate surface area is 232 Å². The van der Waals surface area contributed by atoms with E-state index in [4.69, 9.17) is 32.7 Å². The third-order valence-electron chi connectivity index (χ3n) is 5.12. The van der Waals surface area contributed by atoms with Crippen molar-refractivity contribution in [2.45, 2.75) is 13.5 Å². The van der Waals surface area contributed by atoms with Crippen molar-refractivity contribution in [3.05, 3.63) is 90.3 Å². The Hall–Kier alpha value is -2.20. The first-order chi connectivity index (χ1) is 16.9. The van der Waals surface area contributed by atoms with Crippen LogP contribution in [-0.2, 0) is 11.4 Å². The minimum absolute atomic E-state index is 0.115. The maximum Gasteiger partial charge on any atom is 0.266 e. The fourth-order valence-corrected chi connectivity index (χ4v) is 5.36. The van der Waals surface area contributed by atoms with Crippen molar-refractivity contribution in [3.63, 3.8) is 0 Å². The number of methoxy groups -OCH3 is 1. The maximum atomic E-state index is 13.0. The summed E-state index contributed by atoms with van der Waals surface area (Å²) in [5.74, 6) is 1.05. The number of thioether (sulfide) groups is 1. The summed E-state index contributed by atoms with van der Waals surface area (Å²) < 4.78 is 12.2. The fourth-order valence-electron chi connectivity index (χ4n) is 3.33. The lowest BCUT2D eigenvalue weighted by Gasteiger charge is -2.12. The van der Waals surface area contributed by atoms with E-state index in [0.717, 1.165) is 20.6 Å². The van der Waals surface area contributed by atoms with Crippen molar-refractivity contribution in [2.24, 2.45) is 4.99 Å². The second-order valence-corrected chi connectivity index (χ2v) is 10.6. The Morgan fingerprint density at radius 3 is 2.31 bits per heavy atom. The zero-order valence-electron chi connectivity index (χ0n) is 18.9. The molecule has 1 saturated heterocycles. The second-order valence-electron chi connectivity index (χ2n) is 7.48. The highest BCUT2D eigenvalue weighted by molar-refractivity contribution is 14.1. The highest BCUT2D eigenvalue weighted by atomic mass is 127. The lowest BCUT2D eigenvalue weighted by Crippen LogP contribution is -2.28. The molecular weight excluding hydrogens is 618 g/mol. The lowest BCUT2D eigenvalue weighted by atomic mass is 10.2. The van der Waals surface area contributed by atoms with Crippen LogP contribution in [-0.4, -0.2) is 29.6 Å². The summed E-state index contributed by atoms with van der Waals surface area (Å²) in [6.07, 6.45) is 1.77. The van der Waals surface area contributed by atoms with E-state index in [2.05, 4.69) is 27.6 Å². The van der Waals surface area contributed by atoms with Gasteiger partial charge in [-0.25, -0.2) is 4.99 Å². The van der Waals surface area contributed by atoms with Crippen molar-refractivity contribution >= 4 is 80.4 Å². The Morgan fingerprint density at radius 2 is 1.71 bits per heavy atom. The molecule has 35 heavy (non-hydrogen) atoms. The van der Waals surface area contributed by atoms with Gasteiger partial charge in [0.25, 0.3) is 5.91 Å². The zero-order chi connectivity index (χ0) is 24.9. The molecule has 1 aliphatic rings. The van der Waals surface area contributed by atoms with Gasteiger partial charge in [-0.1, -0.05) is 35.3 Å². The van der Waals surface area contributed by atoms with Crippen molar-refractivity contribution in [1.29, 1.82) is 0 Å². The van der Waals surface area contributed by atoms with Crippen LogP contribution in [0.25, 0.3) is 6.08 Å². The normalized spacial score (nSPS) is 15.8. The molecule has 0 spiro atoms. The molecule has 0 unspecified atom stereocenters. The Kier molecular flexibility index (Phi) is 8.64. The summed E-state index contributed by atoms with van der Waals surface area (Å²) in [7, 11) is 1.61. The van der Waals surface area contributed by atoms with Crippen LogP contribution < -0.4 is 9.47 Å². The molecule has 0 bridgehead atoms. The van der Waals surface area contributed by atoms with Gasteiger partial charge in [0, 0.05) is 10.1 Å². The molecule has 0 saturated carbocycles. The molecule has 1 heterocycles. The van der Waals surface area contributed by atoms with Crippen molar-refractivity contribution in [3.8, 4) is 11.5 Å². The molecule has 1 aliphatic heterocycles. The number of likely N-dealkylation sites (N-methyl/N-ethyl adjacent to an activating group) is 1. The summed E-state index contributed by atoms with van der Waals surface area (Å²) >= 11 is 16.5. The number of amidine groups is 1. The van der Waals surface area contributed by atoms with Gasteiger partial charge in [0.05, 0.1) is 27.7 Å². The van der Waals surface area contributed by atoms with Crippen molar-refractivity contribution < 1.29 is 14.3 Å². The first kappa shape index (κ1) is 25.9. The number of ether oxygens (including phenoxy) is 2. The maximum absolute atomic E-state index is 13.0. The van der Waals surface area contributed by atoms with Gasteiger partial charge >= 0.3 is 0 Å². The number of nitrogens with zero attached hydrogens (tertiary/aromatic N) is 2. The Balaban J connectivity index is 1.54. The Morgan fingerprint density at radius 1 is 1.06 bits per heavy atom. The molecule has 9 heteroatoms. The Bertz CT molecular complexity index is 1270. The van der Waals surface area contributed by atoms with E-state index >= 15 is 0 Å². The molecule has 3 aromatic rings. The van der Waals surface area contributed by atoms with E-state index in [0.29, 0.717) is 44.6 Å². The first-order valence-corrected chi connectivity index (χ1v) is 13.3. The predicted molar refractivity (Wildman–Crippen MR) is 153 cm³/mol. The average molecular weight is 639 g/mol. The molecule has 1 fully saturated rings. The molecule has 0 aliphatic carbocycles. The van der Waals surface area contributed by atoms with Gasteiger partial charge in [0.1, 0.15) is 12.4 Å². The molecule has 0 N–H and O–H groups in total. The quantitative estimate of drug-likeness (QED) is 0.196. The van der Waals surface area contributed by atoms with Gasteiger partial charge in [-0.15, -0.1) is 0 Å². The summed E-state index contributed by atoms with van der Waals surface area (Å²) in [6.45, 7) is 2.77. The van der Waals surface area contributed by atoms with Gasteiger partial charge in [0.15, 0.2) is 10.9 Å². The van der Waals surface area contributed by atoms with E-state index < -0.39 is 0 Å². The first-order valence-electron chi connectivity index (χ1n) is 10.7. The molecule has 5 nitrogen and oxygen atoms in total. The molecule has 3 aromatic carbocycles. The zero-order valence-corrected chi connectivity index (χ0v) is 23.4. The number of amides is 1. The van der Waals surface area contributed by atoms with Gasteiger partial charge in [-0.2, -0.15) is 0 Å². The number of rotatable bonds is 7. The van der Waals surface area contributed by atoms with E-state index in [1.165, 1.54) is 11.8 Å². The molecule has 1 amide bonds. The largest absolute Gasteiger partial charge is 0.497 e. The highest BCUT2D eigenvalue weighted by Crippen LogP contribution is 2.38. The van der Waals surface area contributed by atoms with Gasteiger partial charge < -0.3 is 9.47 Å². The SMILES string of the molecule is CCN1C(=O)/C(=C\c2cc(Cl)c(OCc3ccc(I)cc3)c(Cl)c2)SC1=Nc1ccc(OC)cc1. The molecule has 0 radical (unpaired) electrons. The molecule has 180 valence electrons. The summed E-state index contributed by atoms with van der Waals surface area (Å²) in [5.41, 5.74) is 2.46. The average Bonchev–Trinajstić information content (AvgIpc) is 3.13. The number of carbonyl (C=O) groups is 1. The van der Waals surface area contributed by atoms with Crippen LogP contribution in [0.4, 0.5) is 5.69 Å². The van der Waals surface area contributed by atoms with Crippen LogP contribution in [0.1, 0.15) is 18.1 Å². The summed E-state index contributed by atoms with van der Waals surface area (Å²) in [4.78, 5) is 19.8. The van der Waals surface area contributed by atoms with E-state index in [9.17, 15) is 4.79 Å². The van der Waals surface area contributed by atoms with Crippen LogP contribution in [0.2, 0.25) is 10.0 Å². The minimum Gasteiger partial charge on any atom is -0.497 e. The van der Waals surface area contributed by atoms with Crippen molar-refractivity contribution in [1.82, 2.24) is 4.90 Å². The van der Waals surface area contributed by atoms with Gasteiger partial charge in [-0.3, -0.25) is 9.69 Å². The van der Waals surface area contributed by atoms with Crippen molar-refractivity contribution in [2.75, 3.05) is 13.7 Å². The molecular formula is C26H21Cl2IN2O3S. The highest BCUT2D eigenvalue weighted by Gasteiger charge is 2.32. The minimum atomic E-state index is -0.115. The van der Waals surface area contributed by atoms with Gasteiger partial charge in [0.2, 0.25) is 0 Å². The number of halogens is 3. The van der Waals surface area contributed by atoms with Crippen LogP contribution in [0, 0.1) is 3.57 Å². The van der Waals surface area contributed by atoms with E-state index in [1.54, 1.807) is 30.2 Å². The molecule has 0 aromatic heterocycles. The third-order valence-corrected chi connectivity index (χ3v) is 7.40. The lowest BCUT2D eigenvalue weighted by molar-refractivity contribution is -0.122. The molecule has 4 rings (SSSR count). The number of hydrogen-bond acceptors (Lipinski definition) is 5. The van der Waals surface area contributed by atoms with E-state index in [1.807, 2.05) is 55.5 Å². The summed E-state index contributed by atoms with van der Waals surface area (Å²) in [6, 6.07) is 18.9. The topological polar surface area (TPSA) is 51.1 Å². The van der Waals surface area contributed by atoms with E-state index in [-0.39, 0.29) is 5.91 Å².